The summed E-state index contributed by atoms with van der Waals surface area (Å²) >= 11 is 0. The monoisotopic (exact) mass is 304 g/mol. The molecule has 1 saturated heterocycles. The Morgan fingerprint density at radius 1 is 1.29 bits per heavy atom. The van der Waals surface area contributed by atoms with Crippen molar-refractivity contribution < 1.29 is 23.2 Å². The maximum atomic E-state index is 12.7. The zero-order chi connectivity index (χ0) is 15.7. The number of likely N-dealkylation sites (tertiary alicyclic amines) is 1. The van der Waals surface area contributed by atoms with E-state index in [9.17, 15) is 28.4 Å². The SMILES string of the molecule is O=[N+]([O-])c1ccccc1CN1CCC(O)(C(F)(F)F)CC1. The number of rotatable bonds is 3. The quantitative estimate of drug-likeness (QED) is 0.688. The number of alkyl halides is 3. The van der Waals surface area contributed by atoms with E-state index in [1.807, 2.05) is 0 Å². The molecule has 0 amide bonds. The normalized spacial score (nSPS) is 19.4. The molecule has 2 rings (SSSR count). The minimum Gasteiger partial charge on any atom is -0.380 e. The molecule has 21 heavy (non-hydrogen) atoms. The van der Waals surface area contributed by atoms with Gasteiger partial charge in [-0.2, -0.15) is 13.2 Å². The van der Waals surface area contributed by atoms with Gasteiger partial charge in [0.2, 0.25) is 0 Å². The van der Waals surface area contributed by atoms with E-state index in [0.29, 0.717) is 5.56 Å². The zero-order valence-corrected chi connectivity index (χ0v) is 11.1. The highest BCUT2D eigenvalue weighted by Crippen LogP contribution is 2.38. The van der Waals surface area contributed by atoms with E-state index in [4.69, 9.17) is 0 Å². The molecule has 0 radical (unpaired) electrons. The van der Waals surface area contributed by atoms with Gasteiger partial charge in [0, 0.05) is 31.3 Å². The first-order chi connectivity index (χ1) is 9.73. The van der Waals surface area contributed by atoms with Gasteiger partial charge in [-0.1, -0.05) is 18.2 Å². The highest BCUT2D eigenvalue weighted by molar-refractivity contribution is 5.39. The number of nitrogens with zero attached hydrogens (tertiary/aromatic N) is 2. The van der Waals surface area contributed by atoms with Gasteiger partial charge < -0.3 is 5.11 Å². The molecule has 1 N–H and O–H groups in total. The summed E-state index contributed by atoms with van der Waals surface area (Å²) in [6, 6.07) is 6.15. The molecule has 0 bridgehead atoms. The van der Waals surface area contributed by atoms with E-state index >= 15 is 0 Å². The topological polar surface area (TPSA) is 66.6 Å². The van der Waals surface area contributed by atoms with Crippen LogP contribution in [0.15, 0.2) is 24.3 Å². The van der Waals surface area contributed by atoms with Crippen LogP contribution in [-0.4, -0.2) is 39.8 Å². The maximum Gasteiger partial charge on any atom is 0.417 e. The number of halogens is 3. The summed E-state index contributed by atoms with van der Waals surface area (Å²) in [5.74, 6) is 0. The van der Waals surface area contributed by atoms with Gasteiger partial charge in [-0.05, 0) is 12.8 Å². The third-order valence-electron chi connectivity index (χ3n) is 3.79. The molecule has 0 unspecified atom stereocenters. The average Bonchev–Trinajstić information content (AvgIpc) is 2.40. The summed E-state index contributed by atoms with van der Waals surface area (Å²) in [5, 5.41) is 20.5. The third kappa shape index (κ3) is 3.33. The van der Waals surface area contributed by atoms with Gasteiger partial charge in [-0.25, -0.2) is 0 Å². The van der Waals surface area contributed by atoms with Gasteiger partial charge in [0.15, 0.2) is 5.60 Å². The second-order valence-electron chi connectivity index (χ2n) is 5.19. The molecule has 0 aliphatic carbocycles. The number of hydrogen-bond donors (Lipinski definition) is 1. The first-order valence-corrected chi connectivity index (χ1v) is 6.47. The van der Waals surface area contributed by atoms with E-state index in [2.05, 4.69) is 0 Å². The Bertz CT molecular complexity index is 526. The molecule has 0 saturated carbocycles. The minimum atomic E-state index is -4.64. The Kier molecular flexibility index (Phi) is 4.20. The van der Waals surface area contributed by atoms with Crippen molar-refractivity contribution in [2.45, 2.75) is 31.2 Å². The number of para-hydroxylation sites is 1. The lowest BCUT2D eigenvalue weighted by atomic mass is 9.90. The number of piperidine rings is 1. The molecule has 116 valence electrons. The Labute approximate surface area is 119 Å². The van der Waals surface area contributed by atoms with Gasteiger partial charge >= 0.3 is 6.18 Å². The van der Waals surface area contributed by atoms with Crippen LogP contribution >= 0.6 is 0 Å². The highest BCUT2D eigenvalue weighted by Gasteiger charge is 2.54. The van der Waals surface area contributed by atoms with Crippen LogP contribution in [0.2, 0.25) is 0 Å². The van der Waals surface area contributed by atoms with E-state index in [1.54, 1.807) is 23.1 Å². The van der Waals surface area contributed by atoms with Crippen molar-refractivity contribution in [1.29, 1.82) is 0 Å². The summed E-state index contributed by atoms with van der Waals surface area (Å²) in [4.78, 5) is 12.1. The van der Waals surface area contributed by atoms with E-state index in [-0.39, 0.29) is 25.3 Å². The lowest BCUT2D eigenvalue weighted by Crippen LogP contribution is -2.53. The van der Waals surface area contributed by atoms with Crippen LogP contribution in [0.1, 0.15) is 18.4 Å². The molecule has 1 aromatic rings. The first kappa shape index (κ1) is 15.7. The molecule has 8 heteroatoms. The number of nitro groups is 1. The second-order valence-corrected chi connectivity index (χ2v) is 5.19. The Hall–Kier alpha value is -1.67. The molecular weight excluding hydrogens is 289 g/mol. The van der Waals surface area contributed by atoms with Crippen molar-refractivity contribution in [3.05, 3.63) is 39.9 Å². The fourth-order valence-electron chi connectivity index (χ4n) is 2.43. The van der Waals surface area contributed by atoms with E-state index < -0.39 is 29.5 Å². The van der Waals surface area contributed by atoms with E-state index in [1.165, 1.54) is 6.07 Å². The van der Waals surface area contributed by atoms with Crippen LogP contribution in [0.25, 0.3) is 0 Å². The van der Waals surface area contributed by atoms with Crippen LogP contribution in [0, 0.1) is 10.1 Å². The molecule has 0 spiro atoms. The van der Waals surface area contributed by atoms with Crippen molar-refractivity contribution in [3.63, 3.8) is 0 Å². The Morgan fingerprint density at radius 3 is 2.38 bits per heavy atom. The van der Waals surface area contributed by atoms with Crippen LogP contribution in [-0.2, 0) is 6.54 Å². The summed E-state index contributed by atoms with van der Waals surface area (Å²) in [5.41, 5.74) is -2.24. The molecule has 1 heterocycles. The Morgan fingerprint density at radius 2 is 1.86 bits per heavy atom. The van der Waals surface area contributed by atoms with Crippen LogP contribution in [0.5, 0.6) is 0 Å². The van der Waals surface area contributed by atoms with Crippen molar-refractivity contribution in [2.75, 3.05) is 13.1 Å². The zero-order valence-electron chi connectivity index (χ0n) is 11.1. The molecule has 0 atom stereocenters. The summed E-state index contributed by atoms with van der Waals surface area (Å²) < 4.78 is 38.1. The maximum absolute atomic E-state index is 12.7. The first-order valence-electron chi connectivity index (χ1n) is 6.47. The van der Waals surface area contributed by atoms with Crippen molar-refractivity contribution in [2.24, 2.45) is 0 Å². The minimum absolute atomic E-state index is 0.0437. The van der Waals surface area contributed by atoms with Gasteiger partial charge in [0.1, 0.15) is 0 Å². The van der Waals surface area contributed by atoms with Crippen molar-refractivity contribution >= 4 is 5.69 Å². The molecule has 5 nitrogen and oxygen atoms in total. The molecule has 1 fully saturated rings. The molecular formula is C13H15F3N2O3. The third-order valence-corrected chi connectivity index (χ3v) is 3.79. The van der Waals surface area contributed by atoms with Crippen LogP contribution in [0.3, 0.4) is 0 Å². The van der Waals surface area contributed by atoms with Crippen LogP contribution < -0.4 is 0 Å². The standard InChI is InChI=1S/C13H15F3N2O3/c14-13(15,16)12(19)5-7-17(8-6-12)9-10-3-1-2-4-11(10)18(20)21/h1-4,19H,5-9H2. The number of hydrogen-bond acceptors (Lipinski definition) is 4. The van der Waals surface area contributed by atoms with Crippen molar-refractivity contribution in [3.8, 4) is 0 Å². The smallest absolute Gasteiger partial charge is 0.380 e. The average molecular weight is 304 g/mol. The Balaban J connectivity index is 2.03. The van der Waals surface area contributed by atoms with Gasteiger partial charge in [-0.15, -0.1) is 0 Å². The molecule has 1 aliphatic rings. The number of nitro benzene ring substituents is 1. The van der Waals surface area contributed by atoms with Crippen molar-refractivity contribution in [1.82, 2.24) is 4.90 Å². The summed E-state index contributed by atoms with van der Waals surface area (Å²) in [6.07, 6.45) is -5.48. The summed E-state index contributed by atoms with van der Waals surface area (Å²) in [7, 11) is 0. The fourth-order valence-corrected chi connectivity index (χ4v) is 2.43. The predicted molar refractivity (Wildman–Crippen MR) is 68.6 cm³/mol. The van der Waals surface area contributed by atoms with Gasteiger partial charge in [0.25, 0.3) is 5.69 Å². The van der Waals surface area contributed by atoms with Gasteiger partial charge in [0.05, 0.1) is 4.92 Å². The summed E-state index contributed by atoms with van der Waals surface area (Å²) in [6.45, 7) is 0.287. The number of aliphatic hydroxyl groups is 1. The second kappa shape index (κ2) is 5.61. The lowest BCUT2D eigenvalue weighted by molar-refractivity contribution is -0.385. The largest absolute Gasteiger partial charge is 0.417 e. The van der Waals surface area contributed by atoms with Gasteiger partial charge in [-0.3, -0.25) is 15.0 Å². The highest BCUT2D eigenvalue weighted by atomic mass is 19.4. The molecule has 0 aromatic heterocycles. The number of benzene rings is 1. The fraction of sp³-hybridized carbons (Fsp3) is 0.538. The van der Waals surface area contributed by atoms with Crippen LogP contribution in [0.4, 0.5) is 18.9 Å². The predicted octanol–water partition coefficient (Wildman–Crippen LogP) is 2.48. The van der Waals surface area contributed by atoms with E-state index in [0.717, 1.165) is 0 Å². The molecule has 1 aliphatic heterocycles. The lowest BCUT2D eigenvalue weighted by Gasteiger charge is -2.39. The molecule has 1 aromatic carbocycles.